The summed E-state index contributed by atoms with van der Waals surface area (Å²) in [4.78, 5) is 28.1. The van der Waals surface area contributed by atoms with Gasteiger partial charge in [0.05, 0.1) is 32.3 Å². The van der Waals surface area contributed by atoms with Gasteiger partial charge in [-0.15, -0.1) is 0 Å². The molecule has 3 aliphatic heterocycles. The van der Waals surface area contributed by atoms with E-state index >= 15 is 0 Å². The van der Waals surface area contributed by atoms with Gasteiger partial charge >= 0.3 is 0 Å². The zero-order valence-corrected chi connectivity index (χ0v) is 21.7. The highest BCUT2D eigenvalue weighted by atomic mass is 16.8. The van der Waals surface area contributed by atoms with Crippen molar-refractivity contribution < 1.29 is 38.4 Å². The van der Waals surface area contributed by atoms with Gasteiger partial charge in [0.15, 0.2) is 23.6 Å². The highest BCUT2D eigenvalue weighted by molar-refractivity contribution is 6.06. The number of ketones is 2. The predicted octanol–water partition coefficient (Wildman–Crippen LogP) is 3.36. The molecule has 3 spiro atoms. The molecule has 1 aromatic rings. The molecule has 0 aromatic heterocycles. The van der Waals surface area contributed by atoms with Crippen molar-refractivity contribution in [3.63, 3.8) is 0 Å². The Kier molecular flexibility index (Phi) is 4.65. The van der Waals surface area contributed by atoms with Crippen LogP contribution in [0, 0.1) is 34.0 Å². The van der Waals surface area contributed by atoms with Gasteiger partial charge in [-0.25, -0.2) is 0 Å². The number of fused-ring (bicyclic) bond motifs is 1. The molecule has 3 saturated heterocycles. The molecule has 8 rings (SSSR count). The van der Waals surface area contributed by atoms with Gasteiger partial charge in [0.1, 0.15) is 17.3 Å². The number of methoxy groups -OCH3 is 2. The van der Waals surface area contributed by atoms with Gasteiger partial charge in [0, 0.05) is 23.8 Å². The Morgan fingerprint density at radius 1 is 1.11 bits per heavy atom. The molecule has 4 aliphatic carbocycles. The lowest BCUT2D eigenvalue weighted by Crippen LogP contribution is -2.87. The number of Topliss-reactive ketones (excluding diaryl/α,β-unsaturated/α-hetero) is 2. The summed E-state index contributed by atoms with van der Waals surface area (Å²) in [5, 5.41) is 12.3. The number of carbonyl (C=O) groups is 2. The molecule has 4 bridgehead atoms. The fraction of sp³-hybridized carbons (Fsp3) is 0.655. The maximum atomic E-state index is 14.3. The standard InChI is InChI=1S/C29H34O8/c1-14-16-7-9-19-27-13-35-29(23(32)21(27)26(2,3)11-10-20(27)30)28(19,22(14)31)24(16)36-25(37-29)15-6-8-17(33-4)18(12-15)34-5/h6,8,12,16,19,21,23-25,32H,1,7,9-11,13H2,2-5H3/t16-,19?,21+,23-,24+,25+,27+,28?,29+/m0/s1. The summed E-state index contributed by atoms with van der Waals surface area (Å²) in [5.74, 6) is -1.60. The monoisotopic (exact) mass is 510 g/mol. The van der Waals surface area contributed by atoms with Crippen molar-refractivity contribution in [2.45, 2.75) is 63.8 Å². The molecule has 7 aliphatic rings. The van der Waals surface area contributed by atoms with Gasteiger partial charge in [0.25, 0.3) is 0 Å². The average molecular weight is 511 g/mol. The summed E-state index contributed by atoms with van der Waals surface area (Å²) < 4.78 is 30.8. The van der Waals surface area contributed by atoms with Crippen LogP contribution in [0.25, 0.3) is 0 Å². The fourth-order valence-electron chi connectivity index (χ4n) is 9.43. The predicted molar refractivity (Wildman–Crippen MR) is 130 cm³/mol. The van der Waals surface area contributed by atoms with Crippen LogP contribution in [0.4, 0.5) is 0 Å². The number of hydrogen-bond acceptors (Lipinski definition) is 8. The Labute approximate surface area is 216 Å². The van der Waals surface area contributed by atoms with Gasteiger partial charge < -0.3 is 28.8 Å². The SMILES string of the molecule is C=C1C(=O)C23C4CC[C@@H]1[C@H]2O[C@@H](c1ccc(OC)c(OC)c1)O[C@@]31OC[C@]42C(=O)CCC(C)(C)[C@H]2[C@@H]1O. The van der Waals surface area contributed by atoms with E-state index in [1.165, 1.54) is 0 Å². The molecule has 1 aromatic carbocycles. The minimum atomic E-state index is -1.64. The molecule has 9 atom stereocenters. The van der Waals surface area contributed by atoms with Crippen molar-refractivity contribution in [2.75, 3.05) is 20.8 Å². The van der Waals surface area contributed by atoms with Gasteiger partial charge in [-0.3, -0.25) is 9.59 Å². The number of carbonyl (C=O) groups excluding carboxylic acids is 2. The first kappa shape index (κ1) is 23.8. The maximum Gasteiger partial charge on any atom is 0.213 e. The van der Waals surface area contributed by atoms with Crippen LogP contribution >= 0.6 is 0 Å². The van der Waals surface area contributed by atoms with E-state index < -0.39 is 41.0 Å². The summed E-state index contributed by atoms with van der Waals surface area (Å²) in [6.07, 6.45) is -0.236. The number of benzene rings is 1. The van der Waals surface area contributed by atoms with Gasteiger partial charge in [-0.2, -0.15) is 0 Å². The van der Waals surface area contributed by atoms with Gasteiger partial charge in [0.2, 0.25) is 5.79 Å². The summed E-state index contributed by atoms with van der Waals surface area (Å²) in [7, 11) is 3.13. The maximum absolute atomic E-state index is 14.3. The summed E-state index contributed by atoms with van der Waals surface area (Å²) in [5.41, 5.74) is -1.44. The lowest BCUT2D eigenvalue weighted by molar-refractivity contribution is -0.507. The quantitative estimate of drug-likeness (QED) is 0.618. The number of hydrogen-bond donors (Lipinski definition) is 1. The molecule has 2 unspecified atom stereocenters. The average Bonchev–Trinajstić information content (AvgIpc) is 3.02. The molecule has 1 N–H and O–H groups in total. The first-order valence-corrected chi connectivity index (χ1v) is 13.2. The molecule has 8 nitrogen and oxygen atoms in total. The summed E-state index contributed by atoms with van der Waals surface area (Å²) >= 11 is 0. The van der Waals surface area contributed by atoms with Crippen molar-refractivity contribution in [1.29, 1.82) is 0 Å². The molecular formula is C29H34O8. The molecule has 7 fully saturated rings. The van der Waals surface area contributed by atoms with E-state index in [2.05, 4.69) is 20.4 Å². The molecular weight excluding hydrogens is 476 g/mol. The van der Waals surface area contributed by atoms with E-state index in [9.17, 15) is 14.7 Å². The molecule has 0 radical (unpaired) electrons. The third-order valence-electron chi connectivity index (χ3n) is 10.8. The van der Waals surface area contributed by atoms with Crippen LogP contribution in [0.15, 0.2) is 30.4 Å². The Morgan fingerprint density at radius 2 is 1.86 bits per heavy atom. The second kappa shape index (κ2) is 7.23. The molecule has 3 heterocycles. The molecule has 8 heteroatoms. The fourth-order valence-corrected chi connectivity index (χ4v) is 9.43. The molecule has 4 saturated carbocycles. The third-order valence-corrected chi connectivity index (χ3v) is 10.8. The van der Waals surface area contributed by atoms with Crippen LogP contribution in [-0.4, -0.2) is 55.5 Å². The Bertz CT molecular complexity index is 1240. The topological polar surface area (TPSA) is 101 Å². The van der Waals surface area contributed by atoms with Crippen molar-refractivity contribution in [2.24, 2.45) is 34.0 Å². The number of aliphatic hydroxyl groups is 1. The first-order valence-electron chi connectivity index (χ1n) is 13.2. The third kappa shape index (κ3) is 2.41. The normalized spacial score (nSPS) is 46.9. The van der Waals surface area contributed by atoms with Crippen LogP contribution in [0.3, 0.4) is 0 Å². The molecule has 198 valence electrons. The largest absolute Gasteiger partial charge is 0.493 e. The van der Waals surface area contributed by atoms with E-state index in [0.717, 1.165) is 0 Å². The first-order chi connectivity index (χ1) is 17.6. The van der Waals surface area contributed by atoms with E-state index in [1.54, 1.807) is 26.4 Å². The lowest BCUT2D eigenvalue weighted by Gasteiger charge is -2.75. The van der Waals surface area contributed by atoms with E-state index in [0.29, 0.717) is 48.3 Å². The minimum Gasteiger partial charge on any atom is -0.493 e. The highest BCUT2D eigenvalue weighted by Crippen LogP contribution is 2.78. The summed E-state index contributed by atoms with van der Waals surface area (Å²) in [6.45, 7) is 8.55. The van der Waals surface area contributed by atoms with Crippen molar-refractivity contribution in [1.82, 2.24) is 0 Å². The number of rotatable bonds is 3. The van der Waals surface area contributed by atoms with Crippen LogP contribution in [0.2, 0.25) is 0 Å². The van der Waals surface area contributed by atoms with E-state index in [1.807, 2.05) is 6.07 Å². The smallest absolute Gasteiger partial charge is 0.213 e. The van der Waals surface area contributed by atoms with Crippen molar-refractivity contribution >= 4 is 11.6 Å². The Balaban J connectivity index is 1.44. The van der Waals surface area contributed by atoms with Crippen molar-refractivity contribution in [3.05, 3.63) is 35.9 Å². The zero-order chi connectivity index (χ0) is 26.1. The van der Waals surface area contributed by atoms with E-state index in [-0.39, 0.29) is 35.4 Å². The number of ether oxygens (including phenoxy) is 5. The van der Waals surface area contributed by atoms with Crippen LogP contribution in [-0.2, 0) is 23.8 Å². The summed E-state index contributed by atoms with van der Waals surface area (Å²) in [6, 6.07) is 5.39. The molecule has 37 heavy (non-hydrogen) atoms. The molecule has 0 amide bonds. The Hall–Kier alpha value is -2.26. The highest BCUT2D eigenvalue weighted by Gasteiger charge is 2.89. The van der Waals surface area contributed by atoms with Crippen LogP contribution < -0.4 is 9.47 Å². The van der Waals surface area contributed by atoms with Crippen LogP contribution in [0.5, 0.6) is 11.5 Å². The number of aliphatic hydroxyl groups excluding tert-OH is 1. The second-order valence-corrected chi connectivity index (χ2v) is 12.4. The lowest BCUT2D eigenvalue weighted by atomic mass is 9.36. The van der Waals surface area contributed by atoms with Gasteiger partial charge in [-0.1, -0.05) is 26.5 Å². The zero-order valence-electron chi connectivity index (χ0n) is 21.7. The minimum absolute atomic E-state index is 0.0908. The Morgan fingerprint density at radius 3 is 2.59 bits per heavy atom. The van der Waals surface area contributed by atoms with Gasteiger partial charge in [-0.05, 0) is 48.3 Å². The second-order valence-electron chi connectivity index (χ2n) is 12.4. The van der Waals surface area contributed by atoms with Crippen LogP contribution in [0.1, 0.15) is 51.4 Å². The van der Waals surface area contributed by atoms with Crippen molar-refractivity contribution in [3.8, 4) is 11.5 Å². The van der Waals surface area contributed by atoms with E-state index in [4.69, 9.17) is 23.7 Å².